The number of hydrogen-bond acceptors (Lipinski definition) is 7. The fourth-order valence-electron chi connectivity index (χ4n) is 3.81. The molecule has 0 aliphatic carbocycles. The summed E-state index contributed by atoms with van der Waals surface area (Å²) < 4.78 is 0. The van der Waals surface area contributed by atoms with E-state index in [2.05, 4.69) is 31.2 Å². The number of anilines is 4. The van der Waals surface area contributed by atoms with Crippen molar-refractivity contribution in [2.24, 2.45) is 0 Å². The lowest BCUT2D eigenvalue weighted by molar-refractivity contribution is 0.641. The normalized spacial score (nSPS) is 14.1. The zero-order chi connectivity index (χ0) is 22.1. The van der Waals surface area contributed by atoms with Crippen molar-refractivity contribution >= 4 is 57.5 Å². The van der Waals surface area contributed by atoms with Crippen LogP contribution >= 0.6 is 23.2 Å². The number of benzene rings is 2. The number of nitrogens with one attached hydrogen (secondary N) is 1. The maximum Gasteiger partial charge on any atom is 0.229 e. The molecule has 0 amide bonds. The number of aryl methyl sites for hydroxylation is 1. The van der Waals surface area contributed by atoms with E-state index in [0.717, 1.165) is 48.1 Å². The Bertz CT molecular complexity index is 1270. The molecule has 1 aliphatic heterocycles. The van der Waals surface area contributed by atoms with Crippen LogP contribution in [0.5, 0.6) is 0 Å². The van der Waals surface area contributed by atoms with Crippen molar-refractivity contribution in [3.63, 3.8) is 0 Å². The molecule has 0 radical (unpaired) electrons. The molecule has 9 heteroatoms. The minimum absolute atomic E-state index is 0.559. The molecule has 2 aromatic heterocycles. The zero-order valence-electron chi connectivity index (χ0n) is 17.5. The summed E-state index contributed by atoms with van der Waals surface area (Å²) in [4.78, 5) is 22.9. The summed E-state index contributed by atoms with van der Waals surface area (Å²) >= 11 is 12.3. The van der Waals surface area contributed by atoms with Gasteiger partial charge in [-0.25, -0.2) is 9.97 Å². The summed E-state index contributed by atoms with van der Waals surface area (Å²) in [6.45, 7) is 5.27. The van der Waals surface area contributed by atoms with E-state index in [1.54, 1.807) is 12.4 Å². The predicted octanol–water partition coefficient (Wildman–Crippen LogP) is 5.11. The van der Waals surface area contributed by atoms with E-state index in [-0.39, 0.29) is 0 Å². The van der Waals surface area contributed by atoms with Gasteiger partial charge in [-0.1, -0.05) is 29.3 Å². The van der Waals surface area contributed by atoms with Gasteiger partial charge in [0.15, 0.2) is 17.0 Å². The van der Waals surface area contributed by atoms with Gasteiger partial charge in [0, 0.05) is 60.0 Å². The van der Waals surface area contributed by atoms with Crippen molar-refractivity contribution in [2.75, 3.05) is 41.3 Å². The molecule has 5 rings (SSSR count). The summed E-state index contributed by atoms with van der Waals surface area (Å²) in [7, 11) is 0. The molecule has 1 N–H and O–H groups in total. The van der Waals surface area contributed by atoms with E-state index in [4.69, 9.17) is 33.2 Å². The molecule has 32 heavy (non-hydrogen) atoms. The number of aromatic nitrogens is 4. The number of nitrogens with zero attached hydrogens (tertiary/aromatic N) is 6. The average Bonchev–Trinajstić information content (AvgIpc) is 2.81. The first-order valence-corrected chi connectivity index (χ1v) is 11.1. The number of rotatable bonds is 4. The van der Waals surface area contributed by atoms with Crippen LogP contribution in [0, 0.1) is 6.92 Å². The fourth-order valence-corrected chi connectivity index (χ4v) is 4.22. The Morgan fingerprint density at radius 2 is 1.59 bits per heavy atom. The Hall–Kier alpha value is -3.16. The summed E-state index contributed by atoms with van der Waals surface area (Å²) in [6.07, 6.45) is 3.29. The van der Waals surface area contributed by atoms with Crippen LogP contribution in [0.15, 0.2) is 54.9 Å². The molecule has 7 nitrogen and oxygen atoms in total. The first-order chi connectivity index (χ1) is 15.6. The maximum atomic E-state index is 6.16. The first-order valence-electron chi connectivity index (χ1n) is 10.3. The average molecular weight is 466 g/mol. The minimum atomic E-state index is 0.559. The molecule has 0 bridgehead atoms. The van der Waals surface area contributed by atoms with Gasteiger partial charge in [0.05, 0.1) is 0 Å². The zero-order valence-corrected chi connectivity index (χ0v) is 19.0. The molecule has 4 aromatic rings. The third-order valence-electron chi connectivity index (χ3n) is 5.50. The second-order valence-electron chi connectivity index (χ2n) is 7.64. The van der Waals surface area contributed by atoms with Crippen LogP contribution in [0.4, 0.5) is 23.1 Å². The highest BCUT2D eigenvalue weighted by molar-refractivity contribution is 6.31. The predicted molar refractivity (Wildman–Crippen MR) is 130 cm³/mol. The van der Waals surface area contributed by atoms with Crippen LogP contribution in [0.25, 0.3) is 11.2 Å². The third kappa shape index (κ3) is 4.26. The Morgan fingerprint density at radius 1 is 0.844 bits per heavy atom. The third-order valence-corrected chi connectivity index (χ3v) is 5.97. The summed E-state index contributed by atoms with van der Waals surface area (Å²) in [6, 6.07) is 13.6. The van der Waals surface area contributed by atoms with Gasteiger partial charge in [-0.05, 0) is 48.9 Å². The molecular formula is C23H21Cl2N7. The lowest BCUT2D eigenvalue weighted by Crippen LogP contribution is -2.47. The van der Waals surface area contributed by atoms with E-state index in [0.29, 0.717) is 28.0 Å². The van der Waals surface area contributed by atoms with Crippen molar-refractivity contribution < 1.29 is 0 Å². The largest absolute Gasteiger partial charge is 0.368 e. The van der Waals surface area contributed by atoms with Gasteiger partial charge < -0.3 is 15.1 Å². The molecular weight excluding hydrogens is 445 g/mol. The Balaban J connectivity index is 1.42. The minimum Gasteiger partial charge on any atom is -0.368 e. The van der Waals surface area contributed by atoms with Crippen molar-refractivity contribution in [3.05, 3.63) is 70.5 Å². The Labute approximate surface area is 196 Å². The van der Waals surface area contributed by atoms with Crippen LogP contribution in [-0.4, -0.2) is 46.1 Å². The van der Waals surface area contributed by atoms with Crippen LogP contribution in [0.2, 0.25) is 10.0 Å². The second-order valence-corrected chi connectivity index (χ2v) is 8.51. The first kappa shape index (κ1) is 20.7. The highest BCUT2D eigenvalue weighted by Gasteiger charge is 2.21. The highest BCUT2D eigenvalue weighted by Crippen LogP contribution is 2.28. The van der Waals surface area contributed by atoms with Gasteiger partial charge in [0.2, 0.25) is 5.95 Å². The lowest BCUT2D eigenvalue weighted by atomic mass is 10.2. The summed E-state index contributed by atoms with van der Waals surface area (Å²) in [5.74, 6) is 1.26. The van der Waals surface area contributed by atoms with Crippen LogP contribution in [0.1, 0.15) is 5.56 Å². The molecule has 162 valence electrons. The van der Waals surface area contributed by atoms with E-state index >= 15 is 0 Å². The number of halogens is 2. The van der Waals surface area contributed by atoms with Crippen molar-refractivity contribution in [3.8, 4) is 0 Å². The van der Waals surface area contributed by atoms with E-state index in [1.807, 2.05) is 43.3 Å². The topological polar surface area (TPSA) is 70.1 Å². The highest BCUT2D eigenvalue weighted by atomic mass is 35.5. The number of fused-ring (bicyclic) bond motifs is 1. The molecule has 1 saturated heterocycles. The van der Waals surface area contributed by atoms with Gasteiger partial charge in [0.25, 0.3) is 0 Å². The molecule has 0 saturated carbocycles. The van der Waals surface area contributed by atoms with Gasteiger partial charge in [-0.3, -0.25) is 0 Å². The van der Waals surface area contributed by atoms with Gasteiger partial charge in [0.1, 0.15) is 0 Å². The Morgan fingerprint density at radius 3 is 2.38 bits per heavy atom. The van der Waals surface area contributed by atoms with Crippen molar-refractivity contribution in [2.45, 2.75) is 6.92 Å². The van der Waals surface area contributed by atoms with Crippen LogP contribution in [-0.2, 0) is 0 Å². The number of piperazine rings is 1. The monoisotopic (exact) mass is 465 g/mol. The van der Waals surface area contributed by atoms with Crippen LogP contribution < -0.4 is 15.1 Å². The standard InChI is InChI=1S/C23H21Cl2N7/c1-15-13-17(25)5-6-19(15)28-22-20-21(27-8-7-26-20)29-23(30-22)32-11-9-31(10-12-32)18-4-2-3-16(24)14-18/h2-8,13-14H,9-12H2,1H3,(H,27,28,29,30). The van der Waals surface area contributed by atoms with E-state index in [1.165, 1.54) is 0 Å². The summed E-state index contributed by atoms with van der Waals surface area (Å²) in [5.41, 5.74) is 4.25. The lowest BCUT2D eigenvalue weighted by Gasteiger charge is -2.36. The second kappa shape index (κ2) is 8.76. The van der Waals surface area contributed by atoms with E-state index in [9.17, 15) is 0 Å². The molecule has 1 aliphatic rings. The van der Waals surface area contributed by atoms with Gasteiger partial charge in [-0.2, -0.15) is 9.97 Å². The molecule has 1 fully saturated rings. The Kier molecular flexibility index (Phi) is 5.68. The van der Waals surface area contributed by atoms with E-state index < -0.39 is 0 Å². The quantitative estimate of drug-likeness (QED) is 0.449. The molecule has 0 unspecified atom stereocenters. The molecule has 3 heterocycles. The molecule has 0 atom stereocenters. The van der Waals surface area contributed by atoms with Crippen LogP contribution in [0.3, 0.4) is 0 Å². The molecule has 0 spiro atoms. The van der Waals surface area contributed by atoms with Crippen molar-refractivity contribution in [1.82, 2.24) is 19.9 Å². The smallest absolute Gasteiger partial charge is 0.229 e. The maximum absolute atomic E-state index is 6.16. The van der Waals surface area contributed by atoms with Gasteiger partial charge >= 0.3 is 0 Å². The summed E-state index contributed by atoms with van der Waals surface area (Å²) in [5, 5.41) is 4.84. The van der Waals surface area contributed by atoms with Gasteiger partial charge in [-0.15, -0.1) is 0 Å². The molecule has 2 aromatic carbocycles. The van der Waals surface area contributed by atoms with Crippen molar-refractivity contribution in [1.29, 1.82) is 0 Å². The number of hydrogen-bond donors (Lipinski definition) is 1. The fraction of sp³-hybridized carbons (Fsp3) is 0.217. The SMILES string of the molecule is Cc1cc(Cl)ccc1Nc1nc(N2CCN(c3cccc(Cl)c3)CC2)nc2nccnc12.